The molecule has 2 saturated carbocycles. The number of nitrogens with zero attached hydrogens (tertiary/aromatic N) is 1. The summed E-state index contributed by atoms with van der Waals surface area (Å²) in [5.41, 5.74) is 1.35. The second-order valence-corrected chi connectivity index (χ2v) is 9.73. The van der Waals surface area contributed by atoms with E-state index in [4.69, 9.17) is 0 Å². The Morgan fingerprint density at radius 1 is 1.15 bits per heavy atom. The first-order valence-corrected chi connectivity index (χ1v) is 10.7. The van der Waals surface area contributed by atoms with Crippen LogP contribution < -0.4 is 5.32 Å². The van der Waals surface area contributed by atoms with Gasteiger partial charge in [0.2, 0.25) is 0 Å². The third-order valence-electron chi connectivity index (χ3n) is 7.12. The van der Waals surface area contributed by atoms with E-state index in [0.29, 0.717) is 17.9 Å². The molecule has 1 N–H and O–H groups in total. The van der Waals surface area contributed by atoms with Crippen LogP contribution in [0.25, 0.3) is 10.1 Å². The highest BCUT2D eigenvalue weighted by molar-refractivity contribution is 7.21. The lowest BCUT2D eigenvalue weighted by molar-refractivity contribution is -0.00138. The highest BCUT2D eigenvalue weighted by atomic mass is 32.1. The predicted octanol–water partition coefficient (Wildman–Crippen LogP) is 4.27. The second kappa shape index (κ2) is 5.29. The van der Waals surface area contributed by atoms with Gasteiger partial charge in [-0.2, -0.15) is 0 Å². The molecule has 2 aliphatic carbocycles. The van der Waals surface area contributed by atoms with Gasteiger partial charge < -0.3 is 5.32 Å². The number of benzene rings is 1. The second-order valence-electron chi connectivity index (χ2n) is 8.68. The molecule has 0 unspecified atom stereocenters. The molecule has 5 aliphatic rings. The first-order valence-electron chi connectivity index (χ1n) is 9.93. The zero-order valence-electron chi connectivity index (χ0n) is 14.8. The van der Waals surface area contributed by atoms with Crippen molar-refractivity contribution in [3.8, 4) is 0 Å². The molecule has 5 heteroatoms. The van der Waals surface area contributed by atoms with Crippen LogP contribution in [0.4, 0.5) is 4.39 Å². The Kier molecular flexibility index (Phi) is 3.17. The number of hydrogen-bond donors (Lipinski definition) is 1. The van der Waals surface area contributed by atoms with Crippen LogP contribution in [0.1, 0.15) is 59.7 Å². The number of carbonyl (C=O) groups excluding carboxylic acids is 1. The summed E-state index contributed by atoms with van der Waals surface area (Å²) in [6, 6.07) is 5.43. The summed E-state index contributed by atoms with van der Waals surface area (Å²) in [5, 5.41) is 4.28. The lowest BCUT2D eigenvalue weighted by Crippen LogP contribution is -2.65. The average Bonchev–Trinajstić information content (AvgIpc) is 3.56. The molecular formula is C21H23FN2OS. The first-order chi connectivity index (χ1) is 12.6. The molecular weight excluding hydrogens is 347 g/mol. The quantitative estimate of drug-likeness (QED) is 0.875. The smallest absolute Gasteiger partial charge is 0.261 e. The molecule has 7 rings (SSSR count). The lowest BCUT2D eigenvalue weighted by Gasteiger charge is -2.52. The summed E-state index contributed by atoms with van der Waals surface area (Å²) < 4.78 is 15.1. The Bertz CT molecular complexity index is 906. The van der Waals surface area contributed by atoms with Crippen LogP contribution in [0.5, 0.6) is 0 Å². The van der Waals surface area contributed by atoms with Gasteiger partial charge in [-0.1, -0.05) is 0 Å². The molecule has 0 radical (unpaired) electrons. The predicted molar refractivity (Wildman–Crippen MR) is 101 cm³/mol. The van der Waals surface area contributed by atoms with E-state index < -0.39 is 0 Å². The Balaban J connectivity index is 1.32. The molecule has 1 amide bonds. The standard InChI is InChI=1S/C21H23FN2OS/c22-15-9-14-10-17(26-18(14)16(11-15)12-1-2-12)20(25)23-19-13-3-7-24(8-4-13)21(19)5-6-21/h9-13,19H,1-8H2,(H,23,25)/t19-/m1/s1. The van der Waals surface area contributed by atoms with Crippen LogP contribution in [-0.4, -0.2) is 35.5 Å². The number of fused-ring (bicyclic) bond motifs is 3. The summed E-state index contributed by atoms with van der Waals surface area (Å²) >= 11 is 1.55. The normalized spacial score (nSPS) is 31.5. The summed E-state index contributed by atoms with van der Waals surface area (Å²) in [7, 11) is 0. The number of halogens is 1. The van der Waals surface area contributed by atoms with Crippen molar-refractivity contribution in [3.05, 3.63) is 34.5 Å². The van der Waals surface area contributed by atoms with E-state index in [-0.39, 0.29) is 17.3 Å². The molecule has 1 aromatic heterocycles. The van der Waals surface area contributed by atoms with Crippen molar-refractivity contribution in [1.29, 1.82) is 0 Å². The van der Waals surface area contributed by atoms with E-state index >= 15 is 0 Å². The molecule has 1 spiro atoms. The van der Waals surface area contributed by atoms with Gasteiger partial charge in [-0.3, -0.25) is 9.69 Å². The maximum Gasteiger partial charge on any atom is 0.261 e. The number of rotatable bonds is 3. The fourth-order valence-corrected chi connectivity index (χ4v) is 6.62. The topological polar surface area (TPSA) is 32.3 Å². The maximum atomic E-state index is 14.0. The van der Waals surface area contributed by atoms with Crippen molar-refractivity contribution in [2.75, 3.05) is 13.1 Å². The van der Waals surface area contributed by atoms with Gasteiger partial charge >= 0.3 is 0 Å². The van der Waals surface area contributed by atoms with E-state index in [9.17, 15) is 9.18 Å². The number of piperidine rings is 3. The van der Waals surface area contributed by atoms with Gasteiger partial charge in [0, 0.05) is 10.2 Å². The first kappa shape index (κ1) is 15.6. The van der Waals surface area contributed by atoms with Gasteiger partial charge in [0.15, 0.2) is 0 Å². The largest absolute Gasteiger partial charge is 0.346 e. The molecule has 5 fully saturated rings. The number of hydrogen-bond acceptors (Lipinski definition) is 3. The third-order valence-corrected chi connectivity index (χ3v) is 8.32. The molecule has 3 saturated heterocycles. The van der Waals surface area contributed by atoms with E-state index in [1.54, 1.807) is 23.5 Å². The van der Waals surface area contributed by atoms with Crippen molar-refractivity contribution in [1.82, 2.24) is 10.2 Å². The molecule has 1 atom stereocenters. The molecule has 26 heavy (non-hydrogen) atoms. The van der Waals surface area contributed by atoms with Gasteiger partial charge in [0.05, 0.1) is 10.9 Å². The third kappa shape index (κ3) is 2.23. The zero-order valence-corrected chi connectivity index (χ0v) is 15.6. The SMILES string of the molecule is O=C(N[C@@H]1C2CCN(CC2)C12CC2)c1cc2cc(F)cc(C3CC3)c2s1. The summed E-state index contributed by atoms with van der Waals surface area (Å²) in [4.78, 5) is 16.4. The van der Waals surface area contributed by atoms with E-state index in [0.717, 1.165) is 33.4 Å². The van der Waals surface area contributed by atoms with Crippen LogP contribution in [0.15, 0.2) is 18.2 Å². The van der Waals surface area contributed by atoms with E-state index in [1.807, 2.05) is 6.07 Å². The Morgan fingerprint density at radius 2 is 1.92 bits per heavy atom. The van der Waals surface area contributed by atoms with Gasteiger partial charge in [0.25, 0.3) is 5.91 Å². The van der Waals surface area contributed by atoms with Gasteiger partial charge in [0.1, 0.15) is 5.82 Å². The monoisotopic (exact) mass is 370 g/mol. The summed E-state index contributed by atoms with van der Waals surface area (Å²) in [6.07, 6.45) is 7.13. The van der Waals surface area contributed by atoms with E-state index in [1.165, 1.54) is 38.8 Å². The van der Waals surface area contributed by atoms with Crippen LogP contribution in [-0.2, 0) is 0 Å². The zero-order chi connectivity index (χ0) is 17.5. The van der Waals surface area contributed by atoms with Gasteiger partial charge in [-0.25, -0.2) is 4.39 Å². The molecule has 2 bridgehead atoms. The van der Waals surface area contributed by atoms with Crippen molar-refractivity contribution in [3.63, 3.8) is 0 Å². The molecule has 2 aromatic rings. The Morgan fingerprint density at radius 3 is 2.62 bits per heavy atom. The molecule has 4 heterocycles. The Hall–Kier alpha value is -1.46. The fraction of sp³-hybridized carbons (Fsp3) is 0.571. The lowest BCUT2D eigenvalue weighted by atomic mass is 9.77. The minimum Gasteiger partial charge on any atom is -0.346 e. The number of carbonyl (C=O) groups is 1. The van der Waals surface area contributed by atoms with Crippen LogP contribution in [0.3, 0.4) is 0 Å². The molecule has 3 nitrogen and oxygen atoms in total. The van der Waals surface area contributed by atoms with Crippen molar-refractivity contribution in [2.45, 2.75) is 56.0 Å². The van der Waals surface area contributed by atoms with Crippen molar-refractivity contribution < 1.29 is 9.18 Å². The maximum absolute atomic E-state index is 14.0. The molecule has 1 aromatic carbocycles. The van der Waals surface area contributed by atoms with Crippen LogP contribution >= 0.6 is 11.3 Å². The highest BCUT2D eigenvalue weighted by Crippen LogP contribution is 2.54. The molecule has 136 valence electrons. The minimum atomic E-state index is -0.182. The number of thiophene rings is 1. The fourth-order valence-electron chi connectivity index (χ4n) is 5.49. The van der Waals surface area contributed by atoms with Crippen LogP contribution in [0.2, 0.25) is 0 Å². The summed E-state index contributed by atoms with van der Waals surface area (Å²) in [5.74, 6) is 0.969. The van der Waals surface area contributed by atoms with E-state index in [2.05, 4.69) is 10.2 Å². The minimum absolute atomic E-state index is 0.0402. The van der Waals surface area contributed by atoms with Gasteiger partial charge in [-0.15, -0.1) is 11.3 Å². The van der Waals surface area contributed by atoms with Crippen LogP contribution in [0, 0.1) is 11.7 Å². The van der Waals surface area contributed by atoms with Crippen molar-refractivity contribution >= 4 is 27.3 Å². The van der Waals surface area contributed by atoms with Gasteiger partial charge in [-0.05, 0) is 92.6 Å². The number of nitrogens with one attached hydrogen (secondary N) is 1. The number of amides is 1. The Labute approximate surface area is 156 Å². The average molecular weight is 370 g/mol. The summed E-state index contributed by atoms with van der Waals surface area (Å²) in [6.45, 7) is 2.40. The molecule has 3 aliphatic heterocycles. The highest BCUT2D eigenvalue weighted by Gasteiger charge is 2.60. The van der Waals surface area contributed by atoms with Crippen molar-refractivity contribution in [2.24, 2.45) is 5.92 Å².